The third-order valence-electron chi connectivity index (χ3n) is 3.01. The molecule has 0 fully saturated rings. The monoisotopic (exact) mass is 386 g/mol. The van der Waals surface area contributed by atoms with Gasteiger partial charge in [-0.15, -0.1) is 0 Å². The van der Waals surface area contributed by atoms with Crippen LogP contribution in [0.3, 0.4) is 0 Å². The van der Waals surface area contributed by atoms with Crippen LogP contribution in [-0.4, -0.2) is 22.4 Å². The number of methoxy groups -OCH3 is 1. The van der Waals surface area contributed by atoms with Gasteiger partial charge in [-0.1, -0.05) is 0 Å². The first kappa shape index (κ1) is 13.1. The smallest absolute Gasteiger partial charge is 0.281 e. The molecule has 2 aliphatic heterocycles. The van der Waals surface area contributed by atoms with Gasteiger partial charge in [0.15, 0.2) is 0 Å². The number of hydrogen-bond donors (Lipinski definition) is 4. The minimum atomic E-state index is -0.698. The Balaban J connectivity index is 2.22. The standard InChI is InChI=1S/C12H11IN4O3/c1-20-8-3-2-5-9-6(13-16-11(5)18)4-7(12(19)17-14)15-10(8)9/h2-4,15H,14H2,1H3,(H,16,18)(H,17,19). The highest BCUT2D eigenvalue weighted by atomic mass is 127. The van der Waals surface area contributed by atoms with Crippen LogP contribution in [0.25, 0.3) is 0 Å². The highest BCUT2D eigenvalue weighted by Gasteiger charge is 2.29. The fourth-order valence-electron chi connectivity index (χ4n) is 2.10. The van der Waals surface area contributed by atoms with E-state index in [0.717, 1.165) is 9.07 Å². The molecule has 8 heteroatoms. The van der Waals surface area contributed by atoms with Crippen LogP contribution < -0.4 is 24.9 Å². The normalized spacial score (nSPS) is 15.6. The third kappa shape index (κ3) is 1.88. The lowest BCUT2D eigenvalue weighted by Crippen LogP contribution is -2.36. The van der Waals surface area contributed by atoms with Gasteiger partial charge in [0, 0.05) is 30.1 Å². The van der Waals surface area contributed by atoms with Gasteiger partial charge >= 0.3 is 0 Å². The Morgan fingerprint density at radius 2 is 2.25 bits per heavy atom. The number of hydrogen-bond acceptors (Lipinski definition) is 5. The van der Waals surface area contributed by atoms with Crippen molar-refractivity contribution in [1.82, 2.24) is 8.96 Å². The second kappa shape index (κ2) is 4.87. The Labute approximate surface area is 124 Å². The Morgan fingerprint density at radius 3 is 2.95 bits per heavy atom. The first-order valence-electron chi connectivity index (χ1n) is 5.68. The number of nitrogens with one attached hydrogen (secondary N) is 3. The number of rotatable bonds is 2. The molecule has 0 saturated carbocycles. The summed E-state index contributed by atoms with van der Waals surface area (Å²) in [7, 11) is 1.54. The predicted molar refractivity (Wildman–Crippen MR) is 82.6 cm³/mol. The number of anilines is 1. The molecule has 2 heterocycles. The molecule has 104 valence electrons. The van der Waals surface area contributed by atoms with Gasteiger partial charge in [-0.25, -0.2) is 5.84 Å². The van der Waals surface area contributed by atoms with E-state index < -0.39 is 26.9 Å². The van der Waals surface area contributed by atoms with Gasteiger partial charge in [0.05, 0.1) is 18.4 Å². The summed E-state index contributed by atoms with van der Waals surface area (Å²) >= 11 is -0.698. The molecule has 2 amide bonds. The van der Waals surface area contributed by atoms with Crippen LogP contribution in [0, 0.1) is 0 Å². The number of allylic oxidation sites excluding steroid dienone is 1. The molecule has 0 saturated heterocycles. The zero-order chi connectivity index (χ0) is 14.3. The van der Waals surface area contributed by atoms with Crippen LogP contribution in [0.1, 0.15) is 15.9 Å². The first-order valence-corrected chi connectivity index (χ1v) is 7.83. The van der Waals surface area contributed by atoms with E-state index in [1.54, 1.807) is 25.3 Å². The van der Waals surface area contributed by atoms with Crippen molar-refractivity contribution in [3.05, 3.63) is 35.0 Å². The minimum Gasteiger partial charge on any atom is -0.495 e. The van der Waals surface area contributed by atoms with Gasteiger partial charge in [-0.05, 0) is 18.2 Å². The number of benzene rings is 1. The molecule has 3 rings (SSSR count). The van der Waals surface area contributed by atoms with Crippen molar-refractivity contribution >= 4 is 42.0 Å². The second-order valence-electron chi connectivity index (χ2n) is 4.09. The van der Waals surface area contributed by atoms with E-state index in [1.807, 2.05) is 0 Å². The maximum absolute atomic E-state index is 11.9. The molecule has 0 spiro atoms. The summed E-state index contributed by atoms with van der Waals surface area (Å²) in [5, 5.41) is 2.99. The summed E-state index contributed by atoms with van der Waals surface area (Å²) in [5.41, 5.74) is 4.45. The van der Waals surface area contributed by atoms with Crippen LogP contribution in [0.5, 0.6) is 5.75 Å². The van der Waals surface area contributed by atoms with Gasteiger partial charge in [-0.3, -0.25) is 18.5 Å². The number of carbonyl (C=O) groups excluding carboxylic acids is 2. The predicted octanol–water partition coefficient (Wildman–Crippen LogP) is 0.144. The number of halogens is 1. The molecular weight excluding hydrogens is 375 g/mol. The van der Waals surface area contributed by atoms with E-state index in [1.165, 1.54) is 0 Å². The van der Waals surface area contributed by atoms with Gasteiger partial charge in [0.1, 0.15) is 11.4 Å². The van der Waals surface area contributed by atoms with Crippen LogP contribution in [0.2, 0.25) is 0 Å². The summed E-state index contributed by atoms with van der Waals surface area (Å²) in [6, 6.07) is 3.42. The van der Waals surface area contributed by atoms with Crippen molar-refractivity contribution in [1.29, 1.82) is 0 Å². The maximum atomic E-state index is 11.9. The largest absolute Gasteiger partial charge is 0.495 e. The number of carbonyl (C=O) groups is 2. The molecule has 2 aliphatic rings. The van der Waals surface area contributed by atoms with E-state index in [4.69, 9.17) is 10.6 Å². The molecule has 1 aromatic rings. The average molecular weight is 386 g/mol. The van der Waals surface area contributed by atoms with Crippen LogP contribution in [0.4, 0.5) is 5.69 Å². The lowest BCUT2D eigenvalue weighted by atomic mass is 9.97. The molecule has 0 aliphatic carbocycles. The van der Waals surface area contributed by atoms with E-state index in [2.05, 4.69) is 14.3 Å². The number of hydrazine groups is 1. The van der Waals surface area contributed by atoms with Crippen LogP contribution in [0.15, 0.2) is 23.9 Å². The fraction of sp³-hybridized carbons (Fsp3) is 0.0833. The molecule has 0 aromatic heterocycles. The zero-order valence-electron chi connectivity index (χ0n) is 10.4. The molecular formula is C12H11IN4O3. The van der Waals surface area contributed by atoms with Gasteiger partial charge in [-0.2, -0.15) is 0 Å². The van der Waals surface area contributed by atoms with E-state index in [9.17, 15) is 9.59 Å². The topological polar surface area (TPSA) is 105 Å². The highest BCUT2D eigenvalue weighted by molar-refractivity contribution is 14.2. The summed E-state index contributed by atoms with van der Waals surface area (Å²) < 4.78 is 9.12. The molecule has 1 aromatic carbocycles. The molecule has 0 unspecified atom stereocenters. The second-order valence-corrected chi connectivity index (χ2v) is 6.33. The van der Waals surface area contributed by atoms with Crippen molar-refractivity contribution in [2.24, 2.45) is 5.84 Å². The van der Waals surface area contributed by atoms with E-state index >= 15 is 0 Å². The quantitative estimate of drug-likeness (QED) is 0.190. The van der Waals surface area contributed by atoms with Crippen molar-refractivity contribution < 1.29 is 14.3 Å². The van der Waals surface area contributed by atoms with Crippen LogP contribution in [-0.2, 0) is 4.79 Å². The molecule has 5 N–H and O–H groups in total. The minimum absolute atomic E-state index is 0.0950. The maximum Gasteiger partial charge on any atom is 0.281 e. The van der Waals surface area contributed by atoms with Gasteiger partial charge in [0.2, 0.25) is 0 Å². The summed E-state index contributed by atoms with van der Waals surface area (Å²) in [5.74, 6) is 5.23. The number of amides is 2. The van der Waals surface area contributed by atoms with Crippen molar-refractivity contribution in [3.63, 3.8) is 0 Å². The van der Waals surface area contributed by atoms with Gasteiger partial charge < -0.3 is 10.1 Å². The van der Waals surface area contributed by atoms with Crippen molar-refractivity contribution in [2.75, 3.05) is 12.4 Å². The van der Waals surface area contributed by atoms with E-state index in [-0.39, 0.29) is 5.91 Å². The summed E-state index contributed by atoms with van der Waals surface area (Å²) in [4.78, 5) is 23.6. The molecule has 20 heavy (non-hydrogen) atoms. The zero-order valence-corrected chi connectivity index (χ0v) is 12.6. The van der Waals surface area contributed by atoms with Crippen molar-refractivity contribution in [2.45, 2.75) is 0 Å². The fourth-order valence-corrected chi connectivity index (χ4v) is 4.23. The SMILES string of the molecule is COc1ccc2c3c1NC(C(=O)NN)=CC3=INC2=O. The molecule has 0 atom stereocenters. The average Bonchev–Trinajstić information content (AvgIpc) is 2.49. The highest BCUT2D eigenvalue weighted by Crippen LogP contribution is 2.38. The summed E-state index contributed by atoms with van der Waals surface area (Å²) in [6.45, 7) is 0. The third-order valence-corrected chi connectivity index (χ3v) is 5.20. The lowest BCUT2D eigenvalue weighted by molar-refractivity contribution is -0.117. The van der Waals surface area contributed by atoms with E-state index in [0.29, 0.717) is 22.7 Å². The Kier molecular flexibility index (Phi) is 3.18. The van der Waals surface area contributed by atoms with Crippen molar-refractivity contribution in [3.8, 4) is 5.75 Å². The van der Waals surface area contributed by atoms with Gasteiger partial charge in [0.25, 0.3) is 11.8 Å². The Morgan fingerprint density at radius 1 is 1.45 bits per heavy atom. The van der Waals surface area contributed by atoms with Crippen LogP contribution >= 0.6 is 21.0 Å². The molecule has 0 bridgehead atoms. The number of nitrogens with two attached hydrogens (primary N) is 1. The first-order chi connectivity index (χ1) is 9.65. The molecule has 7 nitrogen and oxygen atoms in total. The number of ether oxygens (including phenoxy) is 1. The Bertz CT molecular complexity index is 696. The lowest BCUT2D eigenvalue weighted by Gasteiger charge is -2.26. The summed E-state index contributed by atoms with van der Waals surface area (Å²) in [6.07, 6.45) is 1.72. The Hall–Kier alpha value is -1.94. The molecule has 0 radical (unpaired) electrons.